The predicted octanol–water partition coefficient (Wildman–Crippen LogP) is 0.248. The highest BCUT2D eigenvalue weighted by molar-refractivity contribution is 5.60. The Morgan fingerprint density at radius 2 is 1.81 bits per heavy atom. The Morgan fingerprint density at radius 1 is 1.31 bits per heavy atom. The third kappa shape index (κ3) is 9.97. The maximum atomic E-state index is 8.89. The lowest BCUT2D eigenvalue weighted by Crippen LogP contribution is -3.13. The molecule has 1 rings (SSSR count). The van der Waals surface area contributed by atoms with Crippen molar-refractivity contribution < 1.29 is 14.8 Å². The molecule has 0 aromatic carbocycles. The molecule has 0 aliphatic carbocycles. The predicted molar refractivity (Wildman–Crippen MR) is 64.2 cm³/mol. The summed E-state index contributed by atoms with van der Waals surface area (Å²) < 4.78 is 0. The number of piperidine rings is 1. The van der Waals surface area contributed by atoms with Crippen molar-refractivity contribution in [3.63, 3.8) is 0 Å². The highest BCUT2D eigenvalue weighted by Crippen LogP contribution is 2.06. The van der Waals surface area contributed by atoms with Crippen molar-refractivity contribution in [2.24, 2.45) is 5.92 Å². The minimum Gasteiger partial charge on any atom is -0.550 e. The molecule has 0 saturated carbocycles. The molecule has 3 heteroatoms. The molecule has 1 N–H and O–H groups in total. The number of hydrogen-bond donors (Lipinski definition) is 1. The maximum Gasteiger partial charge on any atom is 0.0773 e. The lowest BCUT2D eigenvalue weighted by molar-refractivity contribution is -0.906. The van der Waals surface area contributed by atoms with Crippen molar-refractivity contribution in [3.8, 4) is 0 Å². The summed E-state index contributed by atoms with van der Waals surface area (Å²) in [6.07, 6.45) is 7.16. The first-order valence-corrected chi connectivity index (χ1v) is 6.57. The number of aliphatic carboxylic acids is 1. The number of hydrogen-bond acceptors (Lipinski definition) is 2. The van der Waals surface area contributed by atoms with Gasteiger partial charge in [-0.15, -0.1) is 0 Å². The van der Waals surface area contributed by atoms with Crippen molar-refractivity contribution in [1.82, 2.24) is 0 Å². The van der Waals surface area contributed by atoms with Gasteiger partial charge in [0.2, 0.25) is 0 Å². The molecule has 0 bridgehead atoms. The molecule has 96 valence electrons. The normalized spacial score (nSPS) is 24.4. The molecule has 0 spiro atoms. The van der Waals surface area contributed by atoms with Gasteiger partial charge in [-0.1, -0.05) is 20.3 Å². The molecule has 1 saturated heterocycles. The Bertz CT molecular complexity index is 171. The lowest BCUT2D eigenvalue weighted by Gasteiger charge is -2.27. The summed E-state index contributed by atoms with van der Waals surface area (Å²) >= 11 is 0. The number of carboxylic acids is 1. The van der Waals surface area contributed by atoms with Crippen LogP contribution < -0.4 is 10.0 Å². The number of unbranched alkanes of at least 4 members (excludes halogenated alkanes) is 2. The summed E-state index contributed by atoms with van der Waals surface area (Å²) in [6, 6.07) is 0. The van der Waals surface area contributed by atoms with E-state index >= 15 is 0 Å². The van der Waals surface area contributed by atoms with E-state index in [1.165, 1.54) is 51.7 Å². The number of likely N-dealkylation sites (tertiary alicyclic amines) is 1. The molecule has 16 heavy (non-hydrogen) atoms. The summed E-state index contributed by atoms with van der Waals surface area (Å²) in [5, 5.41) is 8.89. The van der Waals surface area contributed by atoms with E-state index in [0.717, 1.165) is 12.8 Å². The highest BCUT2D eigenvalue weighted by Gasteiger charge is 2.17. The van der Waals surface area contributed by atoms with E-state index in [-0.39, 0.29) is 0 Å². The number of quaternary nitrogens is 1. The quantitative estimate of drug-likeness (QED) is 0.702. The molecule has 0 aromatic heterocycles. The van der Waals surface area contributed by atoms with E-state index in [0.29, 0.717) is 0 Å². The summed E-state index contributed by atoms with van der Waals surface area (Å²) in [5.41, 5.74) is 0. The van der Waals surface area contributed by atoms with Crippen LogP contribution in [0.1, 0.15) is 52.9 Å². The monoisotopic (exact) mass is 229 g/mol. The molecular formula is C13H27NO2. The van der Waals surface area contributed by atoms with Gasteiger partial charge in [0.15, 0.2) is 0 Å². The second-order valence-electron chi connectivity index (χ2n) is 4.88. The first-order valence-electron chi connectivity index (χ1n) is 6.57. The van der Waals surface area contributed by atoms with Crippen molar-refractivity contribution in [3.05, 3.63) is 0 Å². The summed E-state index contributed by atoms with van der Waals surface area (Å²) in [6.45, 7) is 9.95. The SMILES string of the molecule is CC(=O)[O-].CCCCC[NH+]1CCC(C)CC1. The van der Waals surface area contributed by atoms with E-state index in [1.807, 2.05) is 4.90 Å². The number of carbonyl (C=O) groups excluding carboxylic acids is 1. The van der Waals surface area contributed by atoms with Gasteiger partial charge < -0.3 is 14.8 Å². The number of rotatable bonds is 4. The van der Waals surface area contributed by atoms with Crippen molar-refractivity contribution in [2.75, 3.05) is 19.6 Å². The summed E-state index contributed by atoms with van der Waals surface area (Å²) in [5.74, 6) is -0.0834. The van der Waals surface area contributed by atoms with Crippen LogP contribution in [0.3, 0.4) is 0 Å². The minimum atomic E-state index is -1.08. The lowest BCUT2D eigenvalue weighted by atomic mass is 9.99. The average molecular weight is 229 g/mol. The van der Waals surface area contributed by atoms with Gasteiger partial charge in [-0.05, 0) is 38.5 Å². The van der Waals surface area contributed by atoms with Crippen molar-refractivity contribution in [1.29, 1.82) is 0 Å². The topological polar surface area (TPSA) is 44.6 Å². The molecule has 0 amide bonds. The van der Waals surface area contributed by atoms with E-state index in [1.54, 1.807) is 0 Å². The summed E-state index contributed by atoms with van der Waals surface area (Å²) in [7, 11) is 0. The van der Waals surface area contributed by atoms with Gasteiger partial charge in [-0.2, -0.15) is 0 Å². The van der Waals surface area contributed by atoms with Crippen molar-refractivity contribution >= 4 is 5.97 Å². The molecule has 0 atom stereocenters. The molecule has 0 radical (unpaired) electrons. The number of carboxylic acid groups (broad SMARTS) is 1. The van der Waals surface area contributed by atoms with Crippen LogP contribution in [0.2, 0.25) is 0 Å². The Hall–Kier alpha value is -0.570. The second kappa shape index (κ2) is 9.64. The maximum absolute atomic E-state index is 8.89. The fourth-order valence-electron chi connectivity index (χ4n) is 2.05. The van der Waals surface area contributed by atoms with Crippen molar-refractivity contribution in [2.45, 2.75) is 52.9 Å². The van der Waals surface area contributed by atoms with E-state index in [2.05, 4.69) is 13.8 Å². The van der Waals surface area contributed by atoms with Crippen LogP contribution in [-0.2, 0) is 4.79 Å². The van der Waals surface area contributed by atoms with Gasteiger partial charge in [-0.3, -0.25) is 0 Å². The minimum absolute atomic E-state index is 0.972. The summed E-state index contributed by atoms with van der Waals surface area (Å²) in [4.78, 5) is 10.8. The highest BCUT2D eigenvalue weighted by atomic mass is 16.4. The molecule has 1 heterocycles. The van der Waals surface area contributed by atoms with Crippen LogP contribution in [0.4, 0.5) is 0 Å². The van der Waals surface area contributed by atoms with Gasteiger partial charge >= 0.3 is 0 Å². The molecule has 3 nitrogen and oxygen atoms in total. The fourth-order valence-corrected chi connectivity index (χ4v) is 2.05. The van der Waals surface area contributed by atoms with Crippen LogP contribution in [0.15, 0.2) is 0 Å². The fraction of sp³-hybridized carbons (Fsp3) is 0.923. The Morgan fingerprint density at radius 3 is 2.25 bits per heavy atom. The van der Waals surface area contributed by atoms with E-state index < -0.39 is 5.97 Å². The Labute approximate surface area is 99.8 Å². The van der Waals surface area contributed by atoms with Gasteiger partial charge in [0, 0.05) is 5.97 Å². The van der Waals surface area contributed by atoms with Gasteiger partial charge in [-0.25, -0.2) is 0 Å². The van der Waals surface area contributed by atoms with Crippen LogP contribution in [0.5, 0.6) is 0 Å². The largest absolute Gasteiger partial charge is 0.550 e. The molecule has 1 aliphatic heterocycles. The standard InChI is InChI=1S/C11H23N.C2H4O2/c1-3-4-5-8-12-9-6-11(2)7-10-12;1-2(3)4/h11H,3-10H2,1-2H3;1H3,(H,3,4). The zero-order valence-electron chi connectivity index (χ0n) is 11.1. The number of nitrogens with one attached hydrogen (secondary N) is 1. The number of carbonyl (C=O) groups is 1. The third-order valence-electron chi connectivity index (χ3n) is 3.12. The van der Waals surface area contributed by atoms with E-state index in [4.69, 9.17) is 9.90 Å². The molecular weight excluding hydrogens is 202 g/mol. The molecule has 1 fully saturated rings. The third-order valence-corrected chi connectivity index (χ3v) is 3.12. The first-order chi connectivity index (χ1) is 7.56. The Kier molecular flexibility index (Phi) is 9.30. The second-order valence-corrected chi connectivity index (χ2v) is 4.88. The Balaban J connectivity index is 0.000000487. The van der Waals surface area contributed by atoms with E-state index in [9.17, 15) is 0 Å². The van der Waals surface area contributed by atoms with Gasteiger partial charge in [0.25, 0.3) is 0 Å². The van der Waals surface area contributed by atoms with Crippen LogP contribution >= 0.6 is 0 Å². The molecule has 0 unspecified atom stereocenters. The molecule has 1 aliphatic rings. The van der Waals surface area contributed by atoms with Crippen LogP contribution in [0, 0.1) is 5.92 Å². The molecule has 0 aromatic rings. The van der Waals surface area contributed by atoms with Gasteiger partial charge in [0.1, 0.15) is 0 Å². The first kappa shape index (κ1) is 15.4. The van der Waals surface area contributed by atoms with Crippen LogP contribution in [-0.4, -0.2) is 25.6 Å². The van der Waals surface area contributed by atoms with Gasteiger partial charge in [0.05, 0.1) is 19.6 Å². The van der Waals surface area contributed by atoms with Crippen LogP contribution in [0.25, 0.3) is 0 Å². The zero-order valence-corrected chi connectivity index (χ0v) is 11.1. The average Bonchev–Trinajstić information content (AvgIpc) is 2.20. The smallest absolute Gasteiger partial charge is 0.0773 e. The zero-order chi connectivity index (χ0) is 12.4.